The van der Waals surface area contributed by atoms with E-state index in [0.29, 0.717) is 27.3 Å². The van der Waals surface area contributed by atoms with Crippen LogP contribution in [-0.4, -0.2) is 5.11 Å². The van der Waals surface area contributed by atoms with E-state index in [0.717, 1.165) is 4.47 Å². The van der Waals surface area contributed by atoms with Crippen molar-refractivity contribution in [2.24, 2.45) is 0 Å². The molecule has 0 saturated heterocycles. The maximum Gasteiger partial charge on any atom is 0.123 e. The molecule has 1 unspecified atom stereocenters. The van der Waals surface area contributed by atoms with Crippen molar-refractivity contribution >= 4 is 27.5 Å². The highest BCUT2D eigenvalue weighted by Crippen LogP contribution is 2.33. The zero-order chi connectivity index (χ0) is 14.2. The Labute approximate surface area is 125 Å². The molecule has 2 rings (SSSR count). The van der Waals surface area contributed by atoms with Crippen LogP contribution in [0.3, 0.4) is 0 Å². The van der Waals surface area contributed by atoms with Gasteiger partial charge in [-0.25, -0.2) is 4.39 Å². The van der Waals surface area contributed by atoms with Gasteiger partial charge in [-0.2, -0.15) is 0 Å². The molecule has 2 aromatic rings. The lowest BCUT2D eigenvalue weighted by Crippen LogP contribution is -2.06. The standard InChI is InChI=1S/C15H13BrClFO/c1-8-5-11(18)6-9(2)14(8)15(19)12-4-3-10(16)7-13(12)17/h3-7,15,19H,1-2H3. The normalized spacial score (nSPS) is 12.5. The smallest absolute Gasteiger partial charge is 0.123 e. The zero-order valence-corrected chi connectivity index (χ0v) is 12.9. The number of benzene rings is 2. The molecule has 0 bridgehead atoms. The van der Waals surface area contributed by atoms with E-state index in [-0.39, 0.29) is 5.82 Å². The third-order valence-corrected chi connectivity index (χ3v) is 3.91. The van der Waals surface area contributed by atoms with Crippen molar-refractivity contribution < 1.29 is 9.50 Å². The second-order valence-electron chi connectivity index (χ2n) is 4.52. The van der Waals surface area contributed by atoms with Gasteiger partial charge < -0.3 is 5.11 Å². The van der Waals surface area contributed by atoms with E-state index < -0.39 is 6.10 Å². The first-order valence-corrected chi connectivity index (χ1v) is 6.97. The van der Waals surface area contributed by atoms with Crippen molar-refractivity contribution in [2.75, 3.05) is 0 Å². The number of aliphatic hydroxyl groups excluding tert-OH is 1. The van der Waals surface area contributed by atoms with Crippen LogP contribution in [0.4, 0.5) is 4.39 Å². The van der Waals surface area contributed by atoms with Gasteiger partial charge in [-0.15, -0.1) is 0 Å². The van der Waals surface area contributed by atoms with E-state index in [1.54, 1.807) is 26.0 Å². The van der Waals surface area contributed by atoms with Crippen LogP contribution in [0.25, 0.3) is 0 Å². The highest BCUT2D eigenvalue weighted by Gasteiger charge is 2.18. The molecule has 0 amide bonds. The maximum atomic E-state index is 13.3. The van der Waals surface area contributed by atoms with E-state index >= 15 is 0 Å². The number of rotatable bonds is 2. The Hall–Kier alpha value is -0.900. The predicted octanol–water partition coefficient (Wildman–Crippen LogP) is 4.94. The molecule has 1 nitrogen and oxygen atoms in total. The first-order valence-electron chi connectivity index (χ1n) is 5.80. The van der Waals surface area contributed by atoms with Gasteiger partial charge in [0.25, 0.3) is 0 Å². The fourth-order valence-corrected chi connectivity index (χ4v) is 3.01. The van der Waals surface area contributed by atoms with Crippen molar-refractivity contribution in [3.05, 3.63) is 67.9 Å². The number of hydrogen-bond donors (Lipinski definition) is 1. The predicted molar refractivity (Wildman–Crippen MR) is 79.1 cm³/mol. The highest BCUT2D eigenvalue weighted by molar-refractivity contribution is 9.10. The van der Waals surface area contributed by atoms with E-state index in [2.05, 4.69) is 15.9 Å². The van der Waals surface area contributed by atoms with Gasteiger partial charge in [0, 0.05) is 15.1 Å². The summed E-state index contributed by atoms with van der Waals surface area (Å²) < 4.78 is 14.1. The van der Waals surface area contributed by atoms with Crippen LogP contribution in [0, 0.1) is 19.7 Å². The summed E-state index contributed by atoms with van der Waals surface area (Å²) in [5, 5.41) is 11.0. The summed E-state index contributed by atoms with van der Waals surface area (Å²) in [5.41, 5.74) is 2.74. The molecule has 2 aromatic carbocycles. The van der Waals surface area contributed by atoms with Crippen LogP contribution in [0.1, 0.15) is 28.4 Å². The molecular weight excluding hydrogens is 331 g/mol. The van der Waals surface area contributed by atoms with E-state index in [1.165, 1.54) is 12.1 Å². The lowest BCUT2D eigenvalue weighted by molar-refractivity contribution is 0.218. The van der Waals surface area contributed by atoms with Gasteiger partial charge >= 0.3 is 0 Å². The number of aliphatic hydroxyl groups is 1. The second kappa shape index (κ2) is 5.61. The summed E-state index contributed by atoms with van der Waals surface area (Å²) in [5.74, 6) is -0.298. The second-order valence-corrected chi connectivity index (χ2v) is 5.84. The summed E-state index contributed by atoms with van der Waals surface area (Å²) in [4.78, 5) is 0. The Bertz CT molecular complexity index is 605. The topological polar surface area (TPSA) is 20.2 Å². The molecule has 0 aliphatic carbocycles. The largest absolute Gasteiger partial charge is 0.384 e. The van der Waals surface area contributed by atoms with Gasteiger partial charge in [0.15, 0.2) is 0 Å². The Morgan fingerprint density at radius 2 is 1.74 bits per heavy atom. The van der Waals surface area contributed by atoms with Gasteiger partial charge in [-0.1, -0.05) is 33.6 Å². The molecule has 0 aliphatic rings. The lowest BCUT2D eigenvalue weighted by atomic mass is 9.93. The maximum absolute atomic E-state index is 13.3. The fraction of sp³-hybridized carbons (Fsp3) is 0.200. The average molecular weight is 344 g/mol. The molecular formula is C15H13BrClFO. The van der Waals surface area contributed by atoms with Crippen LogP contribution in [0.5, 0.6) is 0 Å². The quantitative estimate of drug-likeness (QED) is 0.819. The molecule has 1 atom stereocenters. The van der Waals surface area contributed by atoms with E-state index in [9.17, 15) is 9.50 Å². The monoisotopic (exact) mass is 342 g/mol. The third kappa shape index (κ3) is 2.99. The van der Waals surface area contributed by atoms with Gasteiger partial charge in [0.1, 0.15) is 11.9 Å². The van der Waals surface area contributed by atoms with E-state index in [1.807, 2.05) is 6.07 Å². The van der Waals surface area contributed by atoms with Crippen molar-refractivity contribution in [1.82, 2.24) is 0 Å². The van der Waals surface area contributed by atoms with Crippen molar-refractivity contribution in [3.63, 3.8) is 0 Å². The summed E-state index contributed by atoms with van der Waals surface area (Å²) in [7, 11) is 0. The van der Waals surface area contributed by atoms with Crippen LogP contribution < -0.4 is 0 Å². The molecule has 0 heterocycles. The van der Waals surface area contributed by atoms with Gasteiger partial charge in [0.2, 0.25) is 0 Å². The first kappa shape index (κ1) is 14.5. The summed E-state index contributed by atoms with van der Waals surface area (Å²) in [6, 6.07) is 8.14. The van der Waals surface area contributed by atoms with Gasteiger partial charge in [-0.05, 0) is 54.8 Å². The molecule has 0 radical (unpaired) electrons. The Morgan fingerprint density at radius 3 is 2.26 bits per heavy atom. The molecule has 0 saturated carbocycles. The minimum atomic E-state index is -0.860. The SMILES string of the molecule is Cc1cc(F)cc(C)c1C(O)c1ccc(Br)cc1Cl. The molecule has 0 aliphatic heterocycles. The zero-order valence-electron chi connectivity index (χ0n) is 10.5. The number of hydrogen-bond acceptors (Lipinski definition) is 1. The Balaban J connectivity index is 2.53. The average Bonchev–Trinajstić information content (AvgIpc) is 2.26. The van der Waals surface area contributed by atoms with Crippen LogP contribution >= 0.6 is 27.5 Å². The summed E-state index contributed by atoms with van der Waals surface area (Å²) in [6.45, 7) is 3.56. The van der Waals surface area contributed by atoms with Gasteiger partial charge in [0.05, 0.1) is 0 Å². The third-order valence-electron chi connectivity index (χ3n) is 3.09. The molecule has 19 heavy (non-hydrogen) atoms. The summed E-state index contributed by atoms with van der Waals surface area (Å²) in [6.07, 6.45) is -0.860. The van der Waals surface area contributed by atoms with Crippen molar-refractivity contribution in [3.8, 4) is 0 Å². The summed E-state index contributed by atoms with van der Waals surface area (Å²) >= 11 is 9.47. The fourth-order valence-electron chi connectivity index (χ4n) is 2.23. The van der Waals surface area contributed by atoms with Crippen molar-refractivity contribution in [1.29, 1.82) is 0 Å². The van der Waals surface area contributed by atoms with Crippen LogP contribution in [0.15, 0.2) is 34.8 Å². The molecule has 0 aromatic heterocycles. The Morgan fingerprint density at radius 1 is 1.16 bits per heavy atom. The van der Waals surface area contributed by atoms with Gasteiger partial charge in [-0.3, -0.25) is 0 Å². The Kier molecular flexibility index (Phi) is 4.29. The molecule has 4 heteroatoms. The molecule has 0 fully saturated rings. The molecule has 1 N–H and O–H groups in total. The first-order chi connectivity index (χ1) is 8.90. The molecule has 100 valence electrons. The number of halogens is 3. The van der Waals surface area contributed by atoms with E-state index in [4.69, 9.17) is 11.6 Å². The highest BCUT2D eigenvalue weighted by atomic mass is 79.9. The lowest BCUT2D eigenvalue weighted by Gasteiger charge is -2.18. The minimum Gasteiger partial charge on any atom is -0.384 e. The number of aryl methyl sites for hydroxylation is 2. The molecule has 0 spiro atoms. The minimum absolute atomic E-state index is 0.298. The van der Waals surface area contributed by atoms with Crippen molar-refractivity contribution in [2.45, 2.75) is 20.0 Å². The van der Waals surface area contributed by atoms with Crippen LogP contribution in [-0.2, 0) is 0 Å². The van der Waals surface area contributed by atoms with Crippen LogP contribution in [0.2, 0.25) is 5.02 Å².